The van der Waals surface area contributed by atoms with E-state index in [2.05, 4.69) is 15.3 Å². The Bertz CT molecular complexity index is 799. The number of unbranched alkanes of at least 4 members (excludes halogenated alkanes) is 1. The number of alkyl halides is 3. The fraction of sp³-hybridized carbons (Fsp3) is 0.400. The second-order valence-electron chi connectivity index (χ2n) is 5.02. The Morgan fingerprint density at radius 1 is 1.36 bits per heavy atom. The summed E-state index contributed by atoms with van der Waals surface area (Å²) in [6.45, 7) is 2.55. The highest BCUT2D eigenvalue weighted by atomic mass is 32.1. The summed E-state index contributed by atoms with van der Waals surface area (Å²) < 4.78 is 49.7. The lowest BCUT2D eigenvalue weighted by molar-refractivity contribution is -0.147. The molecule has 0 unspecified atom stereocenters. The number of rotatable bonds is 7. The van der Waals surface area contributed by atoms with E-state index in [1.807, 2.05) is 6.92 Å². The van der Waals surface area contributed by atoms with E-state index >= 15 is 0 Å². The maximum atomic E-state index is 12.9. The number of methoxy groups -OCH3 is 1. The molecular weight excluding hydrogens is 357 g/mol. The van der Waals surface area contributed by atoms with Gasteiger partial charge in [0.05, 0.1) is 19.9 Å². The predicted octanol–water partition coefficient (Wildman–Crippen LogP) is 4.03. The second kappa shape index (κ2) is 8.15. The Morgan fingerprint density at radius 3 is 2.76 bits per heavy atom. The Balaban J connectivity index is 2.29. The topological polar surface area (TPSA) is 64.4 Å². The molecule has 0 spiro atoms. The molecule has 0 radical (unpaired) electrons. The van der Waals surface area contributed by atoms with Crippen molar-refractivity contribution in [3.8, 4) is 11.5 Å². The molecule has 1 N–H and O–H groups in total. The monoisotopic (exact) mass is 374 g/mol. The highest BCUT2D eigenvalue weighted by molar-refractivity contribution is 7.71. The van der Waals surface area contributed by atoms with Gasteiger partial charge in [0.2, 0.25) is 4.77 Å². The molecule has 136 valence electrons. The van der Waals surface area contributed by atoms with E-state index in [1.54, 1.807) is 18.2 Å². The standard InChI is InChI=1S/C15H17F3N4O2S/c1-3-4-7-24-12-8-10(5-6-11(12)23-2)9-19-22-13(15(16,17)18)20-21-14(22)25/h5-6,8-9H,3-4,7H2,1-2H3,(H,21,25)/b19-9-. The van der Waals surface area contributed by atoms with Gasteiger partial charge in [0.25, 0.3) is 5.82 Å². The first kappa shape index (κ1) is 19.0. The predicted molar refractivity (Wildman–Crippen MR) is 88.8 cm³/mol. The van der Waals surface area contributed by atoms with Crippen molar-refractivity contribution in [3.05, 3.63) is 34.4 Å². The highest BCUT2D eigenvalue weighted by Gasteiger charge is 2.37. The smallest absolute Gasteiger partial charge is 0.453 e. The van der Waals surface area contributed by atoms with Crippen LogP contribution in [-0.2, 0) is 6.18 Å². The molecule has 1 heterocycles. The number of benzene rings is 1. The molecule has 2 aromatic rings. The fourth-order valence-corrected chi connectivity index (χ4v) is 2.10. The summed E-state index contributed by atoms with van der Waals surface area (Å²) in [5, 5.41) is 9.01. The first-order chi connectivity index (χ1) is 11.9. The van der Waals surface area contributed by atoms with Gasteiger partial charge in [-0.05, 0) is 42.4 Å². The third-order valence-corrected chi connectivity index (χ3v) is 3.43. The zero-order valence-electron chi connectivity index (χ0n) is 13.6. The Kier molecular flexibility index (Phi) is 6.18. The molecule has 0 saturated carbocycles. The summed E-state index contributed by atoms with van der Waals surface area (Å²) >= 11 is 4.78. The van der Waals surface area contributed by atoms with Gasteiger partial charge in [-0.1, -0.05) is 13.3 Å². The molecule has 25 heavy (non-hydrogen) atoms. The molecule has 0 fully saturated rings. The molecule has 1 aromatic carbocycles. The van der Waals surface area contributed by atoms with Gasteiger partial charge in [0, 0.05) is 0 Å². The minimum absolute atomic E-state index is 0.253. The van der Waals surface area contributed by atoms with Crippen LogP contribution >= 0.6 is 12.2 Å². The number of ether oxygens (including phenoxy) is 2. The maximum absolute atomic E-state index is 12.9. The lowest BCUT2D eigenvalue weighted by atomic mass is 10.2. The first-order valence-corrected chi connectivity index (χ1v) is 7.87. The van der Waals surface area contributed by atoms with Crippen molar-refractivity contribution in [1.82, 2.24) is 14.9 Å². The highest BCUT2D eigenvalue weighted by Crippen LogP contribution is 2.29. The van der Waals surface area contributed by atoms with Gasteiger partial charge in [-0.2, -0.15) is 22.9 Å². The number of hydrogen-bond donors (Lipinski definition) is 1. The maximum Gasteiger partial charge on any atom is 0.453 e. The van der Waals surface area contributed by atoms with Crippen LogP contribution in [0.1, 0.15) is 31.2 Å². The minimum Gasteiger partial charge on any atom is -0.493 e. The number of hydrogen-bond acceptors (Lipinski definition) is 5. The SMILES string of the molecule is CCCCOc1cc(/C=N\n2c(C(F)(F)F)n[nH]c2=S)ccc1OC. The normalized spacial score (nSPS) is 11.9. The molecule has 10 heteroatoms. The Hall–Kier alpha value is -2.36. The number of nitrogens with one attached hydrogen (secondary N) is 1. The second-order valence-corrected chi connectivity index (χ2v) is 5.41. The van der Waals surface area contributed by atoms with Crippen molar-refractivity contribution >= 4 is 18.4 Å². The number of H-pyrrole nitrogens is 1. The van der Waals surface area contributed by atoms with Crippen LogP contribution in [0.3, 0.4) is 0 Å². The van der Waals surface area contributed by atoms with Crippen LogP contribution in [-0.4, -0.2) is 34.8 Å². The van der Waals surface area contributed by atoms with Crippen LogP contribution in [0.15, 0.2) is 23.3 Å². The van der Waals surface area contributed by atoms with Crippen LogP contribution in [0.2, 0.25) is 0 Å². The Morgan fingerprint density at radius 2 is 2.12 bits per heavy atom. The molecule has 0 bridgehead atoms. The van der Waals surface area contributed by atoms with E-state index in [1.165, 1.54) is 13.3 Å². The molecule has 0 aliphatic rings. The molecule has 2 rings (SSSR count). The van der Waals surface area contributed by atoms with Crippen LogP contribution in [0.25, 0.3) is 0 Å². The van der Waals surface area contributed by atoms with Gasteiger partial charge in [-0.25, -0.2) is 5.10 Å². The van der Waals surface area contributed by atoms with Crippen molar-refractivity contribution in [2.24, 2.45) is 5.10 Å². The van der Waals surface area contributed by atoms with Crippen molar-refractivity contribution in [2.75, 3.05) is 13.7 Å². The van der Waals surface area contributed by atoms with Crippen LogP contribution < -0.4 is 9.47 Å². The van der Waals surface area contributed by atoms with Crippen molar-refractivity contribution in [1.29, 1.82) is 0 Å². The van der Waals surface area contributed by atoms with E-state index in [9.17, 15) is 13.2 Å². The number of nitrogens with zero attached hydrogens (tertiary/aromatic N) is 3. The van der Waals surface area contributed by atoms with Gasteiger partial charge in [0.15, 0.2) is 11.5 Å². The number of halogens is 3. The van der Waals surface area contributed by atoms with Crippen molar-refractivity contribution in [2.45, 2.75) is 25.9 Å². The molecule has 0 amide bonds. The number of aromatic amines is 1. The molecule has 0 aliphatic heterocycles. The molecule has 0 aliphatic carbocycles. The zero-order chi connectivity index (χ0) is 18.4. The van der Waals surface area contributed by atoms with Crippen molar-refractivity contribution in [3.63, 3.8) is 0 Å². The summed E-state index contributed by atoms with van der Waals surface area (Å²) in [5.41, 5.74) is 0.531. The summed E-state index contributed by atoms with van der Waals surface area (Å²) in [5.74, 6) is -0.197. The van der Waals surface area contributed by atoms with Gasteiger partial charge in [-0.3, -0.25) is 0 Å². The summed E-state index contributed by atoms with van der Waals surface area (Å²) in [4.78, 5) is 0. The van der Waals surface area contributed by atoms with Gasteiger partial charge >= 0.3 is 6.18 Å². The molecule has 1 aromatic heterocycles. The molecule has 0 atom stereocenters. The van der Waals surface area contributed by atoms with Crippen LogP contribution in [0.4, 0.5) is 13.2 Å². The lowest BCUT2D eigenvalue weighted by Gasteiger charge is -2.11. The van der Waals surface area contributed by atoms with Crippen LogP contribution in [0.5, 0.6) is 11.5 Å². The van der Waals surface area contributed by atoms with Crippen molar-refractivity contribution < 1.29 is 22.6 Å². The average molecular weight is 374 g/mol. The quantitative estimate of drug-likeness (QED) is 0.452. The van der Waals surface area contributed by atoms with E-state index in [0.717, 1.165) is 12.8 Å². The third kappa shape index (κ3) is 4.81. The summed E-state index contributed by atoms with van der Waals surface area (Å²) in [6, 6.07) is 4.93. The van der Waals surface area contributed by atoms with Gasteiger partial charge in [-0.15, -0.1) is 5.10 Å². The number of aromatic nitrogens is 3. The van der Waals surface area contributed by atoms with Crippen LogP contribution in [0, 0.1) is 4.77 Å². The molecular formula is C15H17F3N4O2S. The average Bonchev–Trinajstić information content (AvgIpc) is 2.94. The van der Waals surface area contributed by atoms with E-state index in [4.69, 9.17) is 21.7 Å². The van der Waals surface area contributed by atoms with E-state index in [-0.39, 0.29) is 4.77 Å². The molecule has 0 saturated heterocycles. The lowest BCUT2D eigenvalue weighted by Crippen LogP contribution is -2.12. The largest absolute Gasteiger partial charge is 0.493 e. The zero-order valence-corrected chi connectivity index (χ0v) is 14.4. The third-order valence-electron chi connectivity index (χ3n) is 3.17. The van der Waals surface area contributed by atoms with E-state index < -0.39 is 12.0 Å². The first-order valence-electron chi connectivity index (χ1n) is 7.46. The summed E-state index contributed by atoms with van der Waals surface area (Å²) in [6.07, 6.45) is -1.57. The minimum atomic E-state index is -4.67. The van der Waals surface area contributed by atoms with E-state index in [0.29, 0.717) is 28.3 Å². The summed E-state index contributed by atoms with van der Waals surface area (Å²) in [7, 11) is 1.51. The van der Waals surface area contributed by atoms with Gasteiger partial charge < -0.3 is 9.47 Å². The van der Waals surface area contributed by atoms with Gasteiger partial charge in [0.1, 0.15) is 0 Å². The fourth-order valence-electron chi connectivity index (χ4n) is 1.92. The molecule has 6 nitrogen and oxygen atoms in total. The Labute approximate surface area is 147 Å².